The van der Waals surface area contributed by atoms with Crippen molar-refractivity contribution in [2.45, 2.75) is 19.3 Å². The third-order valence-corrected chi connectivity index (χ3v) is 2.58. The fourth-order valence-corrected chi connectivity index (χ4v) is 1.62. The lowest BCUT2D eigenvalue weighted by Gasteiger charge is -2.00. The minimum absolute atomic E-state index is 0.789. The Morgan fingerprint density at radius 3 is 2.59 bits per heavy atom. The van der Waals surface area contributed by atoms with Gasteiger partial charge in [-0.3, -0.25) is 0 Å². The van der Waals surface area contributed by atoms with E-state index in [0.717, 1.165) is 39.0 Å². The summed E-state index contributed by atoms with van der Waals surface area (Å²) < 4.78 is 4.96. The van der Waals surface area contributed by atoms with Crippen molar-refractivity contribution in [1.29, 1.82) is 0 Å². The Labute approximate surface area is 105 Å². The Morgan fingerprint density at radius 1 is 1.06 bits per heavy atom. The third-order valence-electron chi connectivity index (χ3n) is 2.58. The molecule has 1 aromatic carbocycles. The number of nitrogens with one attached hydrogen (secondary N) is 1. The highest BCUT2D eigenvalue weighted by Gasteiger charge is 1.88. The number of methoxy groups -OCH3 is 1. The van der Waals surface area contributed by atoms with Crippen LogP contribution in [0, 0.1) is 0 Å². The Balaban J connectivity index is 1.96. The molecule has 94 valence electrons. The van der Waals surface area contributed by atoms with E-state index in [4.69, 9.17) is 4.74 Å². The molecule has 0 atom stereocenters. The molecule has 0 unspecified atom stereocenters. The van der Waals surface area contributed by atoms with Gasteiger partial charge in [-0.1, -0.05) is 42.5 Å². The van der Waals surface area contributed by atoms with Crippen molar-refractivity contribution in [3.8, 4) is 0 Å². The van der Waals surface area contributed by atoms with E-state index in [9.17, 15) is 0 Å². The molecule has 0 spiro atoms. The van der Waals surface area contributed by atoms with Gasteiger partial charge in [0.15, 0.2) is 0 Å². The number of rotatable bonds is 9. The average Bonchev–Trinajstić information content (AvgIpc) is 2.38. The summed E-state index contributed by atoms with van der Waals surface area (Å²) in [6.07, 6.45) is 7.88. The SMILES string of the molecule is COCCNCC/C=C/CCc1ccccc1. The van der Waals surface area contributed by atoms with Crippen molar-refractivity contribution in [1.82, 2.24) is 5.32 Å². The van der Waals surface area contributed by atoms with Crippen LogP contribution in [0.4, 0.5) is 0 Å². The van der Waals surface area contributed by atoms with Crippen molar-refractivity contribution in [3.63, 3.8) is 0 Å². The first-order valence-corrected chi connectivity index (χ1v) is 6.32. The number of aryl methyl sites for hydroxylation is 1. The van der Waals surface area contributed by atoms with Crippen LogP contribution in [-0.4, -0.2) is 26.8 Å². The minimum atomic E-state index is 0.789. The van der Waals surface area contributed by atoms with Gasteiger partial charge in [0.2, 0.25) is 0 Å². The molecule has 0 fully saturated rings. The summed E-state index contributed by atoms with van der Waals surface area (Å²) in [4.78, 5) is 0. The Morgan fingerprint density at radius 2 is 1.82 bits per heavy atom. The van der Waals surface area contributed by atoms with Crippen LogP contribution in [0.15, 0.2) is 42.5 Å². The second-order valence-corrected chi connectivity index (χ2v) is 4.03. The maximum absolute atomic E-state index is 4.96. The minimum Gasteiger partial charge on any atom is -0.383 e. The lowest BCUT2D eigenvalue weighted by atomic mass is 10.1. The summed E-state index contributed by atoms with van der Waals surface area (Å²) >= 11 is 0. The number of ether oxygens (including phenoxy) is 1. The zero-order valence-corrected chi connectivity index (χ0v) is 10.7. The smallest absolute Gasteiger partial charge is 0.0587 e. The quantitative estimate of drug-likeness (QED) is 0.523. The first kappa shape index (κ1) is 13.9. The summed E-state index contributed by atoms with van der Waals surface area (Å²) in [6.45, 7) is 2.76. The predicted molar refractivity (Wildman–Crippen MR) is 73.3 cm³/mol. The molecular formula is C15H23NO. The van der Waals surface area contributed by atoms with E-state index in [2.05, 4.69) is 47.8 Å². The maximum Gasteiger partial charge on any atom is 0.0587 e. The molecule has 0 radical (unpaired) electrons. The molecule has 1 aromatic rings. The van der Waals surface area contributed by atoms with Gasteiger partial charge in [-0.25, -0.2) is 0 Å². The molecule has 17 heavy (non-hydrogen) atoms. The Bertz CT molecular complexity index is 295. The van der Waals surface area contributed by atoms with Gasteiger partial charge in [-0.15, -0.1) is 0 Å². The van der Waals surface area contributed by atoms with E-state index in [-0.39, 0.29) is 0 Å². The molecule has 0 aromatic heterocycles. The van der Waals surface area contributed by atoms with Crippen LogP contribution in [0.2, 0.25) is 0 Å². The summed E-state index contributed by atoms with van der Waals surface area (Å²) in [6, 6.07) is 10.6. The molecule has 0 heterocycles. The van der Waals surface area contributed by atoms with E-state index in [1.165, 1.54) is 5.56 Å². The fraction of sp³-hybridized carbons (Fsp3) is 0.467. The predicted octanol–water partition coefficient (Wildman–Crippen LogP) is 2.80. The molecule has 1 rings (SSSR count). The third kappa shape index (κ3) is 7.72. The molecule has 0 bridgehead atoms. The normalized spacial score (nSPS) is 11.1. The molecule has 2 nitrogen and oxygen atoms in total. The number of allylic oxidation sites excluding steroid dienone is 1. The van der Waals surface area contributed by atoms with Crippen molar-refractivity contribution in [3.05, 3.63) is 48.0 Å². The molecule has 0 aliphatic rings. The van der Waals surface area contributed by atoms with Gasteiger partial charge in [-0.05, 0) is 31.4 Å². The number of benzene rings is 1. The van der Waals surface area contributed by atoms with Gasteiger partial charge in [0, 0.05) is 13.7 Å². The number of hydrogen-bond donors (Lipinski definition) is 1. The van der Waals surface area contributed by atoms with Crippen LogP contribution in [0.5, 0.6) is 0 Å². The molecule has 0 saturated heterocycles. The topological polar surface area (TPSA) is 21.3 Å². The zero-order valence-electron chi connectivity index (χ0n) is 10.7. The lowest BCUT2D eigenvalue weighted by Crippen LogP contribution is -2.19. The lowest BCUT2D eigenvalue weighted by molar-refractivity contribution is 0.199. The van der Waals surface area contributed by atoms with E-state index in [1.807, 2.05) is 0 Å². The van der Waals surface area contributed by atoms with Crippen LogP contribution in [0.3, 0.4) is 0 Å². The van der Waals surface area contributed by atoms with Gasteiger partial charge in [-0.2, -0.15) is 0 Å². The van der Waals surface area contributed by atoms with E-state index >= 15 is 0 Å². The standard InChI is InChI=1S/C15H23NO/c1-17-14-13-16-12-8-3-2-5-9-15-10-6-4-7-11-15/h2-4,6-7,10-11,16H,5,8-9,12-14H2,1H3/b3-2+. The first-order valence-electron chi connectivity index (χ1n) is 6.32. The van der Waals surface area contributed by atoms with Gasteiger partial charge in [0.05, 0.1) is 6.61 Å². The van der Waals surface area contributed by atoms with E-state index < -0.39 is 0 Å². The molecule has 0 aliphatic carbocycles. The van der Waals surface area contributed by atoms with Crippen molar-refractivity contribution in [2.75, 3.05) is 26.8 Å². The summed E-state index contributed by atoms with van der Waals surface area (Å²) in [5, 5.41) is 3.32. The van der Waals surface area contributed by atoms with Gasteiger partial charge >= 0.3 is 0 Å². The van der Waals surface area contributed by atoms with Crippen LogP contribution >= 0.6 is 0 Å². The molecule has 2 heteroatoms. The summed E-state index contributed by atoms with van der Waals surface area (Å²) in [5.41, 5.74) is 1.41. The highest BCUT2D eigenvalue weighted by Crippen LogP contribution is 2.02. The molecule has 0 aliphatic heterocycles. The monoisotopic (exact) mass is 233 g/mol. The second-order valence-electron chi connectivity index (χ2n) is 4.03. The van der Waals surface area contributed by atoms with E-state index in [1.54, 1.807) is 7.11 Å². The van der Waals surface area contributed by atoms with Crippen LogP contribution in [-0.2, 0) is 11.2 Å². The molecular weight excluding hydrogens is 210 g/mol. The van der Waals surface area contributed by atoms with Crippen molar-refractivity contribution < 1.29 is 4.74 Å². The van der Waals surface area contributed by atoms with Crippen molar-refractivity contribution >= 4 is 0 Å². The Hall–Kier alpha value is -1.12. The van der Waals surface area contributed by atoms with Crippen molar-refractivity contribution in [2.24, 2.45) is 0 Å². The number of hydrogen-bond acceptors (Lipinski definition) is 2. The van der Waals surface area contributed by atoms with Gasteiger partial charge in [0.1, 0.15) is 0 Å². The molecule has 1 N–H and O–H groups in total. The highest BCUT2D eigenvalue weighted by molar-refractivity contribution is 5.15. The largest absolute Gasteiger partial charge is 0.383 e. The fourth-order valence-electron chi connectivity index (χ4n) is 1.62. The zero-order chi connectivity index (χ0) is 12.2. The summed E-state index contributed by atoms with van der Waals surface area (Å²) in [5.74, 6) is 0. The van der Waals surface area contributed by atoms with Crippen LogP contribution in [0.25, 0.3) is 0 Å². The van der Waals surface area contributed by atoms with Crippen LogP contribution < -0.4 is 5.32 Å². The van der Waals surface area contributed by atoms with Gasteiger partial charge in [0.25, 0.3) is 0 Å². The average molecular weight is 233 g/mol. The molecule has 0 saturated carbocycles. The molecule has 0 amide bonds. The Kier molecular flexibility index (Phi) is 8.25. The maximum atomic E-state index is 4.96. The summed E-state index contributed by atoms with van der Waals surface area (Å²) in [7, 11) is 1.73. The second kappa shape index (κ2) is 10.1. The van der Waals surface area contributed by atoms with E-state index in [0.29, 0.717) is 0 Å². The van der Waals surface area contributed by atoms with Crippen LogP contribution in [0.1, 0.15) is 18.4 Å². The highest BCUT2D eigenvalue weighted by atomic mass is 16.5. The first-order chi connectivity index (χ1) is 8.43. The van der Waals surface area contributed by atoms with Gasteiger partial charge < -0.3 is 10.1 Å².